The zero-order valence-electron chi connectivity index (χ0n) is 19.4. The molecule has 2 saturated heterocycles. The highest BCUT2D eigenvalue weighted by Gasteiger charge is 2.58. The summed E-state index contributed by atoms with van der Waals surface area (Å²) in [6.07, 6.45) is 1.04. The van der Waals surface area contributed by atoms with E-state index < -0.39 is 43.6 Å². The number of aliphatic hydroxyl groups is 2. The third-order valence-corrected chi connectivity index (χ3v) is 8.92. The molecule has 3 aromatic rings. The summed E-state index contributed by atoms with van der Waals surface area (Å²) in [5, 5.41) is 23.2. The van der Waals surface area contributed by atoms with Crippen molar-refractivity contribution in [3.63, 3.8) is 0 Å². The number of phosphoric acid groups is 1. The van der Waals surface area contributed by atoms with Gasteiger partial charge in [-0.15, -0.1) is 0 Å². The van der Waals surface area contributed by atoms with E-state index in [0.29, 0.717) is 22.5 Å². The van der Waals surface area contributed by atoms with Crippen molar-refractivity contribution in [1.29, 1.82) is 0 Å². The fourth-order valence-electron chi connectivity index (χ4n) is 4.93. The lowest BCUT2D eigenvalue weighted by atomic mass is 9.96. The summed E-state index contributed by atoms with van der Waals surface area (Å²) in [7, 11) is -4.02. The number of nitrogen functional groups attached to an aromatic ring is 1. The highest BCUT2D eigenvalue weighted by atomic mass is 35.5. The smallest absolute Gasteiger partial charge is 0.387 e. The van der Waals surface area contributed by atoms with Crippen LogP contribution in [0.2, 0.25) is 5.02 Å². The lowest BCUT2D eigenvalue weighted by Gasteiger charge is -2.35. The highest BCUT2D eigenvalue weighted by Crippen LogP contribution is 2.67. The minimum Gasteiger partial charge on any atom is -0.387 e. The van der Waals surface area contributed by atoms with E-state index in [-0.39, 0.29) is 12.4 Å². The third kappa shape index (κ3) is 4.13. The minimum atomic E-state index is -4.02. The summed E-state index contributed by atoms with van der Waals surface area (Å²) < 4.78 is 38.5. The number of hydrogen-bond acceptors (Lipinski definition) is 10. The standard InChI is InChI=1S/C23H26ClN4O7P/c1-22(30)18(29)17(33-21(22)28-8-5-15-19(25)26-12-27-20(15)28)11-32-36(31)34-16(10-23(35-36)6-7-23)13-3-2-4-14(24)9-13/h2-5,8-9,12,16-18,21,29-30H,6-7,10-11H2,1H3,(H2,25,26,27)/t16-,17+,18+,21+,22+,36?/m0/s1. The number of halogens is 1. The van der Waals surface area contributed by atoms with Crippen molar-refractivity contribution in [2.45, 2.75) is 61.9 Å². The molecule has 2 aromatic heterocycles. The first-order chi connectivity index (χ1) is 17.1. The first kappa shape index (κ1) is 24.3. The zero-order valence-corrected chi connectivity index (χ0v) is 21.0. The van der Waals surface area contributed by atoms with E-state index in [1.165, 1.54) is 13.3 Å². The maximum Gasteiger partial charge on any atom is 0.476 e. The predicted molar refractivity (Wildman–Crippen MR) is 129 cm³/mol. The summed E-state index contributed by atoms with van der Waals surface area (Å²) in [6.45, 7) is 1.11. The van der Waals surface area contributed by atoms with Crippen LogP contribution in [0.1, 0.15) is 44.1 Å². The maximum atomic E-state index is 13.6. The molecule has 3 aliphatic rings. The van der Waals surface area contributed by atoms with Gasteiger partial charge in [0.1, 0.15) is 35.6 Å². The number of hydrogen-bond donors (Lipinski definition) is 3. The molecule has 1 aliphatic carbocycles. The molecule has 1 spiro atoms. The van der Waals surface area contributed by atoms with E-state index in [9.17, 15) is 14.8 Å². The summed E-state index contributed by atoms with van der Waals surface area (Å²) in [5.41, 5.74) is 4.84. The van der Waals surface area contributed by atoms with Gasteiger partial charge in [0, 0.05) is 17.6 Å². The molecule has 3 fully saturated rings. The van der Waals surface area contributed by atoms with E-state index in [1.54, 1.807) is 35.0 Å². The van der Waals surface area contributed by atoms with Crippen LogP contribution in [0, 0.1) is 0 Å². The Bertz CT molecular complexity index is 1360. The van der Waals surface area contributed by atoms with Crippen molar-refractivity contribution in [3.8, 4) is 0 Å². The van der Waals surface area contributed by atoms with Gasteiger partial charge >= 0.3 is 7.82 Å². The first-order valence-corrected chi connectivity index (χ1v) is 13.5. The normalized spacial score (nSPS) is 35.4. The fraction of sp³-hybridized carbons (Fsp3) is 0.478. The topological polar surface area (TPSA) is 151 Å². The van der Waals surface area contributed by atoms with Gasteiger partial charge in [0.15, 0.2) is 6.23 Å². The highest BCUT2D eigenvalue weighted by molar-refractivity contribution is 7.48. The van der Waals surface area contributed by atoms with E-state index >= 15 is 0 Å². The monoisotopic (exact) mass is 536 g/mol. The zero-order chi connectivity index (χ0) is 25.3. The second-order valence-electron chi connectivity index (χ2n) is 9.79. The summed E-state index contributed by atoms with van der Waals surface area (Å²) in [5.74, 6) is 0.282. The molecule has 0 bridgehead atoms. The molecule has 13 heteroatoms. The molecule has 6 atom stereocenters. The molecule has 6 rings (SSSR count). The summed E-state index contributed by atoms with van der Waals surface area (Å²) in [6, 6.07) is 8.87. The van der Waals surface area contributed by atoms with Crippen molar-refractivity contribution in [2.24, 2.45) is 0 Å². The second kappa shape index (κ2) is 8.47. The van der Waals surface area contributed by atoms with E-state index in [4.69, 9.17) is 35.6 Å². The molecule has 4 heterocycles. The van der Waals surface area contributed by atoms with Gasteiger partial charge in [-0.3, -0.25) is 13.6 Å². The Morgan fingerprint density at radius 3 is 2.89 bits per heavy atom. The Morgan fingerprint density at radius 2 is 2.14 bits per heavy atom. The number of aromatic nitrogens is 3. The van der Waals surface area contributed by atoms with Crippen LogP contribution in [0.25, 0.3) is 11.0 Å². The Hall–Kier alpha value is -2.08. The number of anilines is 1. The molecule has 0 amide bonds. The lowest BCUT2D eigenvalue weighted by Crippen LogP contribution is -2.44. The molecular weight excluding hydrogens is 511 g/mol. The van der Waals surface area contributed by atoms with Crippen LogP contribution in [0.4, 0.5) is 5.82 Å². The van der Waals surface area contributed by atoms with Gasteiger partial charge in [-0.2, -0.15) is 0 Å². The number of phosphoric ester groups is 1. The van der Waals surface area contributed by atoms with Crippen molar-refractivity contribution in [2.75, 3.05) is 12.3 Å². The van der Waals surface area contributed by atoms with Gasteiger partial charge in [-0.1, -0.05) is 23.7 Å². The maximum absolute atomic E-state index is 13.6. The molecule has 2 aliphatic heterocycles. The lowest BCUT2D eigenvalue weighted by molar-refractivity contribution is -0.0955. The third-order valence-electron chi connectivity index (χ3n) is 7.09. The summed E-state index contributed by atoms with van der Waals surface area (Å²) in [4.78, 5) is 8.20. The molecule has 36 heavy (non-hydrogen) atoms. The molecule has 1 unspecified atom stereocenters. The van der Waals surface area contributed by atoms with Gasteiger partial charge < -0.3 is 25.3 Å². The average molecular weight is 537 g/mol. The van der Waals surface area contributed by atoms with E-state index in [2.05, 4.69) is 9.97 Å². The quantitative estimate of drug-likeness (QED) is 0.413. The molecule has 11 nitrogen and oxygen atoms in total. The van der Waals surface area contributed by atoms with E-state index in [0.717, 1.165) is 18.4 Å². The number of ether oxygens (including phenoxy) is 1. The SMILES string of the molecule is C[C@@]1(O)[C@H](O)[C@@H](COP2(=O)O[C@H](c3cccc(Cl)c3)CC3(CC3)O2)O[C@H]1n1ccc2c(N)ncnc21. The van der Waals surface area contributed by atoms with Crippen LogP contribution in [-0.4, -0.2) is 54.8 Å². The van der Waals surface area contributed by atoms with Gasteiger partial charge in [0.25, 0.3) is 0 Å². The van der Waals surface area contributed by atoms with Crippen LogP contribution in [0.15, 0.2) is 42.9 Å². The minimum absolute atomic E-state index is 0.282. The second-order valence-corrected chi connectivity index (χ2v) is 11.8. The molecule has 192 valence electrons. The van der Waals surface area contributed by atoms with Crippen LogP contribution in [0.5, 0.6) is 0 Å². The number of benzene rings is 1. The number of nitrogens with zero attached hydrogens (tertiary/aromatic N) is 3. The molecule has 1 saturated carbocycles. The Balaban J connectivity index is 1.21. The van der Waals surface area contributed by atoms with Gasteiger partial charge in [-0.25, -0.2) is 14.5 Å². The molecule has 0 radical (unpaired) electrons. The van der Waals surface area contributed by atoms with Crippen LogP contribution < -0.4 is 5.73 Å². The molecular formula is C23H26ClN4O7P. The van der Waals surface area contributed by atoms with Crippen LogP contribution in [-0.2, 0) is 22.9 Å². The Labute approximate surface area is 211 Å². The van der Waals surface area contributed by atoms with Gasteiger partial charge in [0.05, 0.1) is 23.7 Å². The van der Waals surface area contributed by atoms with Crippen LogP contribution >= 0.6 is 19.4 Å². The number of fused-ring (bicyclic) bond motifs is 1. The van der Waals surface area contributed by atoms with Gasteiger partial charge in [-0.05, 0) is 43.5 Å². The Morgan fingerprint density at radius 1 is 1.33 bits per heavy atom. The number of rotatable bonds is 5. The van der Waals surface area contributed by atoms with E-state index in [1.807, 2.05) is 6.07 Å². The predicted octanol–water partition coefficient (Wildman–Crippen LogP) is 3.51. The fourth-order valence-corrected chi connectivity index (χ4v) is 6.85. The van der Waals surface area contributed by atoms with Crippen molar-refractivity contribution in [3.05, 3.63) is 53.4 Å². The van der Waals surface area contributed by atoms with Crippen LogP contribution in [0.3, 0.4) is 0 Å². The van der Waals surface area contributed by atoms with Crippen molar-refractivity contribution >= 4 is 36.3 Å². The van der Waals surface area contributed by atoms with Crippen molar-refractivity contribution in [1.82, 2.24) is 14.5 Å². The average Bonchev–Trinajstić information content (AvgIpc) is 3.33. The number of aliphatic hydroxyl groups excluding tert-OH is 1. The van der Waals surface area contributed by atoms with Gasteiger partial charge in [0.2, 0.25) is 0 Å². The molecule has 1 aromatic carbocycles. The molecule has 4 N–H and O–H groups in total. The first-order valence-electron chi connectivity index (χ1n) is 11.6. The number of nitrogens with two attached hydrogens (primary N) is 1. The van der Waals surface area contributed by atoms with Crippen molar-refractivity contribution < 1.29 is 33.1 Å². The Kier molecular flexibility index (Phi) is 5.71. The largest absolute Gasteiger partial charge is 0.476 e. The summed E-state index contributed by atoms with van der Waals surface area (Å²) >= 11 is 6.14.